The van der Waals surface area contributed by atoms with Crippen LogP contribution in [0.5, 0.6) is 0 Å². The molecule has 6 heteroatoms. The Morgan fingerprint density at radius 3 is 2.35 bits per heavy atom. The minimum absolute atomic E-state index is 0.0355. The molecule has 1 N–H and O–H groups in total. The van der Waals surface area contributed by atoms with Crippen LogP contribution in [0.3, 0.4) is 0 Å². The molecule has 0 radical (unpaired) electrons. The largest absolute Gasteiger partial charge is 0.478 e. The molecule has 5 nitrogen and oxygen atoms in total. The molecule has 0 aliphatic carbocycles. The maximum atomic E-state index is 12.4. The molecule has 0 saturated carbocycles. The molecule has 1 fully saturated rings. The standard InChI is InChI=1S/C14H19NO4S/c1-10-7-11(2)15(8-10)20(18,19)9-12-3-5-13(6-4-12)14(16)17/h3-6,10-11H,7-9H2,1-2H3,(H,16,17). The van der Waals surface area contributed by atoms with Crippen molar-refractivity contribution in [2.75, 3.05) is 6.54 Å². The van der Waals surface area contributed by atoms with Gasteiger partial charge in [-0.3, -0.25) is 0 Å². The smallest absolute Gasteiger partial charge is 0.335 e. The van der Waals surface area contributed by atoms with Crippen molar-refractivity contribution in [1.82, 2.24) is 4.31 Å². The first-order valence-corrected chi connectivity index (χ1v) is 8.22. The predicted octanol–water partition coefficient (Wildman–Crippen LogP) is 1.94. The van der Waals surface area contributed by atoms with Crippen LogP contribution in [0.2, 0.25) is 0 Å². The Morgan fingerprint density at radius 1 is 1.30 bits per heavy atom. The third-order valence-electron chi connectivity index (χ3n) is 3.63. The highest BCUT2D eigenvalue weighted by molar-refractivity contribution is 7.88. The first-order chi connectivity index (χ1) is 9.29. The summed E-state index contributed by atoms with van der Waals surface area (Å²) >= 11 is 0. The summed E-state index contributed by atoms with van der Waals surface area (Å²) in [6.45, 7) is 4.54. The molecule has 1 saturated heterocycles. The molecule has 0 amide bonds. The summed E-state index contributed by atoms with van der Waals surface area (Å²) in [6.07, 6.45) is 0.886. The molecule has 1 aromatic rings. The highest BCUT2D eigenvalue weighted by Gasteiger charge is 2.34. The van der Waals surface area contributed by atoms with Crippen LogP contribution in [0.15, 0.2) is 24.3 Å². The molecular formula is C14H19NO4S. The maximum Gasteiger partial charge on any atom is 0.335 e. The number of benzene rings is 1. The molecule has 1 aromatic carbocycles. The predicted molar refractivity (Wildman–Crippen MR) is 76.0 cm³/mol. The Labute approximate surface area is 119 Å². The van der Waals surface area contributed by atoms with E-state index < -0.39 is 16.0 Å². The quantitative estimate of drug-likeness (QED) is 0.921. The minimum atomic E-state index is -3.34. The molecule has 2 atom stereocenters. The number of carbonyl (C=O) groups is 1. The zero-order chi connectivity index (χ0) is 14.9. The number of nitrogens with zero attached hydrogens (tertiary/aromatic N) is 1. The van der Waals surface area contributed by atoms with Crippen LogP contribution in [0, 0.1) is 5.92 Å². The minimum Gasteiger partial charge on any atom is -0.478 e. The fourth-order valence-corrected chi connectivity index (χ4v) is 4.58. The topological polar surface area (TPSA) is 74.7 Å². The third-order valence-corrected chi connectivity index (χ3v) is 5.56. The van der Waals surface area contributed by atoms with Crippen molar-refractivity contribution in [3.63, 3.8) is 0 Å². The fraction of sp³-hybridized carbons (Fsp3) is 0.500. The van der Waals surface area contributed by atoms with Gasteiger partial charge in [-0.25, -0.2) is 13.2 Å². The average Bonchev–Trinajstić information content (AvgIpc) is 2.69. The monoisotopic (exact) mass is 297 g/mol. The van der Waals surface area contributed by atoms with Crippen LogP contribution in [-0.2, 0) is 15.8 Å². The van der Waals surface area contributed by atoms with E-state index in [-0.39, 0.29) is 17.4 Å². The summed E-state index contributed by atoms with van der Waals surface area (Å²) in [5.74, 6) is -0.709. The molecule has 1 aliphatic rings. The van der Waals surface area contributed by atoms with Crippen LogP contribution < -0.4 is 0 Å². The number of aromatic carboxylic acids is 1. The lowest BCUT2D eigenvalue weighted by atomic mass is 10.1. The number of carboxylic acid groups (broad SMARTS) is 1. The number of hydrogen-bond donors (Lipinski definition) is 1. The van der Waals surface area contributed by atoms with E-state index in [0.717, 1.165) is 6.42 Å². The Kier molecular flexibility index (Phi) is 4.15. The van der Waals surface area contributed by atoms with Gasteiger partial charge in [-0.2, -0.15) is 4.31 Å². The second-order valence-electron chi connectivity index (χ2n) is 5.52. The van der Waals surface area contributed by atoms with Crippen LogP contribution >= 0.6 is 0 Å². The van der Waals surface area contributed by atoms with E-state index in [1.165, 1.54) is 12.1 Å². The van der Waals surface area contributed by atoms with E-state index in [4.69, 9.17) is 5.11 Å². The van der Waals surface area contributed by atoms with Gasteiger partial charge in [-0.1, -0.05) is 19.1 Å². The maximum absolute atomic E-state index is 12.4. The van der Waals surface area contributed by atoms with Gasteiger partial charge in [0.25, 0.3) is 0 Å². The lowest BCUT2D eigenvalue weighted by Gasteiger charge is -2.21. The van der Waals surface area contributed by atoms with E-state index in [0.29, 0.717) is 18.0 Å². The Hall–Kier alpha value is -1.40. The van der Waals surface area contributed by atoms with Gasteiger partial charge in [-0.05, 0) is 37.0 Å². The molecule has 0 spiro atoms. The van der Waals surface area contributed by atoms with Crippen molar-refractivity contribution in [3.8, 4) is 0 Å². The third kappa shape index (κ3) is 3.19. The van der Waals surface area contributed by atoms with Crippen molar-refractivity contribution < 1.29 is 18.3 Å². The van der Waals surface area contributed by atoms with Crippen molar-refractivity contribution in [3.05, 3.63) is 35.4 Å². The van der Waals surface area contributed by atoms with Gasteiger partial charge < -0.3 is 5.11 Å². The van der Waals surface area contributed by atoms with Gasteiger partial charge in [0, 0.05) is 12.6 Å². The summed E-state index contributed by atoms with van der Waals surface area (Å²) in [7, 11) is -3.34. The Bertz CT molecular complexity index is 594. The number of sulfonamides is 1. The summed E-state index contributed by atoms with van der Waals surface area (Å²) in [4.78, 5) is 10.8. The lowest BCUT2D eigenvalue weighted by molar-refractivity contribution is 0.0697. The normalized spacial score (nSPS) is 23.9. The second-order valence-corrected chi connectivity index (χ2v) is 7.44. The van der Waals surface area contributed by atoms with E-state index in [2.05, 4.69) is 0 Å². The molecule has 0 aromatic heterocycles. The van der Waals surface area contributed by atoms with Gasteiger partial charge >= 0.3 is 5.97 Å². The summed E-state index contributed by atoms with van der Waals surface area (Å²) < 4.78 is 26.3. The Balaban J connectivity index is 2.14. The molecular weight excluding hydrogens is 278 g/mol. The number of hydrogen-bond acceptors (Lipinski definition) is 3. The van der Waals surface area contributed by atoms with Crippen LogP contribution in [0.25, 0.3) is 0 Å². The zero-order valence-corrected chi connectivity index (χ0v) is 12.4. The molecule has 0 bridgehead atoms. The van der Waals surface area contributed by atoms with Crippen molar-refractivity contribution in [2.45, 2.75) is 32.1 Å². The Morgan fingerprint density at radius 2 is 1.90 bits per heavy atom. The van der Waals surface area contributed by atoms with Gasteiger partial charge in [0.15, 0.2) is 0 Å². The lowest BCUT2D eigenvalue weighted by Crippen LogP contribution is -2.34. The zero-order valence-electron chi connectivity index (χ0n) is 11.6. The van der Waals surface area contributed by atoms with Crippen LogP contribution in [-0.4, -0.2) is 36.4 Å². The molecule has 1 aliphatic heterocycles. The van der Waals surface area contributed by atoms with Crippen molar-refractivity contribution in [1.29, 1.82) is 0 Å². The molecule has 2 rings (SSSR count). The van der Waals surface area contributed by atoms with E-state index in [1.807, 2.05) is 13.8 Å². The summed E-state index contributed by atoms with van der Waals surface area (Å²) in [6, 6.07) is 6.02. The van der Waals surface area contributed by atoms with Crippen molar-refractivity contribution >= 4 is 16.0 Å². The molecule has 2 unspecified atom stereocenters. The SMILES string of the molecule is CC1CC(C)N(S(=O)(=O)Cc2ccc(C(=O)O)cc2)C1. The van der Waals surface area contributed by atoms with Crippen LogP contribution in [0.4, 0.5) is 0 Å². The van der Waals surface area contributed by atoms with Gasteiger partial charge in [0.05, 0.1) is 11.3 Å². The van der Waals surface area contributed by atoms with Gasteiger partial charge in [0.2, 0.25) is 10.0 Å². The second kappa shape index (κ2) is 5.54. The molecule has 1 heterocycles. The molecule has 20 heavy (non-hydrogen) atoms. The first-order valence-electron chi connectivity index (χ1n) is 6.61. The summed E-state index contributed by atoms with van der Waals surface area (Å²) in [5.41, 5.74) is 0.774. The fourth-order valence-electron chi connectivity index (χ4n) is 2.69. The van der Waals surface area contributed by atoms with Crippen LogP contribution in [0.1, 0.15) is 36.2 Å². The first kappa shape index (κ1) is 15.0. The number of rotatable bonds is 4. The van der Waals surface area contributed by atoms with E-state index in [1.54, 1.807) is 16.4 Å². The molecule has 110 valence electrons. The average molecular weight is 297 g/mol. The highest BCUT2D eigenvalue weighted by Crippen LogP contribution is 2.27. The van der Waals surface area contributed by atoms with Crippen molar-refractivity contribution in [2.24, 2.45) is 5.92 Å². The van der Waals surface area contributed by atoms with Gasteiger partial charge in [-0.15, -0.1) is 0 Å². The number of carboxylic acids is 1. The van der Waals surface area contributed by atoms with Gasteiger partial charge in [0.1, 0.15) is 0 Å². The summed E-state index contributed by atoms with van der Waals surface area (Å²) in [5, 5.41) is 8.82. The van der Waals surface area contributed by atoms with E-state index in [9.17, 15) is 13.2 Å². The highest BCUT2D eigenvalue weighted by atomic mass is 32.2. The van der Waals surface area contributed by atoms with E-state index >= 15 is 0 Å².